The second-order valence-corrected chi connectivity index (χ2v) is 5.97. The normalized spacial score (nSPS) is 12.8. The first-order chi connectivity index (χ1) is 14.5. The number of hydrogen-bond acceptors (Lipinski definition) is 5. The Morgan fingerprint density at radius 2 is 1.87 bits per heavy atom. The lowest BCUT2D eigenvalue weighted by molar-refractivity contribution is -0.0505. The number of alkyl halides is 2. The molecular weight excluding hydrogens is 410 g/mol. The van der Waals surface area contributed by atoms with Crippen molar-refractivity contribution in [3.05, 3.63) is 47.5 Å². The minimum Gasteiger partial charge on any atom is -0.489 e. The maximum Gasteiger partial charge on any atom is 0.387 e. The molecule has 30 heavy (non-hydrogen) atoms. The van der Waals surface area contributed by atoms with Crippen LogP contribution in [0, 0.1) is 11.6 Å². The minimum absolute atomic E-state index is 0.00178. The Hall–Kier alpha value is -3.37. The molecular formula is C19H19F4N3O4. The molecule has 1 aliphatic rings. The summed E-state index contributed by atoms with van der Waals surface area (Å²) < 4.78 is 72.0. The second-order valence-electron chi connectivity index (χ2n) is 5.97. The molecule has 0 fully saturated rings. The van der Waals surface area contributed by atoms with Gasteiger partial charge in [0.05, 0.1) is 6.54 Å². The number of halogens is 4. The predicted octanol–water partition coefficient (Wildman–Crippen LogP) is 3.04. The van der Waals surface area contributed by atoms with Gasteiger partial charge in [0.1, 0.15) is 18.2 Å². The Morgan fingerprint density at radius 3 is 2.57 bits per heavy atom. The van der Waals surface area contributed by atoms with Crippen LogP contribution in [0.4, 0.5) is 17.6 Å². The maximum atomic E-state index is 13.5. The fraction of sp³-hybridized carbons (Fsp3) is 0.316. The molecule has 2 aromatic carbocycles. The molecule has 2 aromatic rings. The number of guanidine groups is 1. The largest absolute Gasteiger partial charge is 0.489 e. The number of ether oxygens (including phenoxy) is 4. The number of benzene rings is 2. The molecule has 0 atom stereocenters. The van der Waals surface area contributed by atoms with Crippen molar-refractivity contribution < 1.29 is 36.5 Å². The zero-order valence-electron chi connectivity index (χ0n) is 15.9. The van der Waals surface area contributed by atoms with Crippen LogP contribution in [-0.4, -0.2) is 39.6 Å². The van der Waals surface area contributed by atoms with Crippen molar-refractivity contribution in [3.8, 4) is 23.0 Å². The van der Waals surface area contributed by atoms with Gasteiger partial charge >= 0.3 is 6.61 Å². The fourth-order valence-electron chi connectivity index (χ4n) is 2.63. The molecule has 0 bridgehead atoms. The molecule has 0 unspecified atom stereocenters. The molecule has 162 valence electrons. The van der Waals surface area contributed by atoms with Gasteiger partial charge in [-0.3, -0.25) is 4.99 Å². The third-order valence-electron chi connectivity index (χ3n) is 3.99. The number of rotatable bonds is 8. The Labute approximate surface area is 169 Å². The standard InChI is InChI=1S/C19H19F4N3O4/c1-24-19(25-4-5-27-14-3-2-12(20)7-13(14)21)26-9-11-6-16-17(29-10-28-16)8-15(11)30-18(22)23/h2-3,6-8,18H,4-5,9-10H2,1H3,(H2,24,25,26). The third-order valence-corrected chi connectivity index (χ3v) is 3.99. The highest BCUT2D eigenvalue weighted by Crippen LogP contribution is 2.38. The van der Waals surface area contributed by atoms with Crippen molar-refractivity contribution in [2.24, 2.45) is 4.99 Å². The van der Waals surface area contributed by atoms with Crippen molar-refractivity contribution >= 4 is 5.96 Å². The van der Waals surface area contributed by atoms with Crippen LogP contribution < -0.4 is 29.6 Å². The Kier molecular flexibility index (Phi) is 7.04. The van der Waals surface area contributed by atoms with E-state index in [0.717, 1.165) is 12.1 Å². The number of nitrogens with one attached hydrogen (secondary N) is 2. The van der Waals surface area contributed by atoms with Crippen LogP contribution in [0.1, 0.15) is 5.56 Å². The first-order valence-corrected chi connectivity index (χ1v) is 8.86. The molecule has 0 saturated carbocycles. The molecule has 0 aromatic heterocycles. The lowest BCUT2D eigenvalue weighted by Gasteiger charge is -2.15. The van der Waals surface area contributed by atoms with Crippen LogP contribution in [-0.2, 0) is 6.54 Å². The Balaban J connectivity index is 1.52. The van der Waals surface area contributed by atoms with Crippen LogP contribution in [0.3, 0.4) is 0 Å². The SMILES string of the molecule is CN=C(NCCOc1ccc(F)cc1F)NCc1cc2c(cc1OC(F)F)OCO2. The van der Waals surface area contributed by atoms with Crippen molar-refractivity contribution in [3.63, 3.8) is 0 Å². The maximum absolute atomic E-state index is 13.5. The zero-order valence-corrected chi connectivity index (χ0v) is 15.9. The minimum atomic E-state index is -2.99. The van der Waals surface area contributed by atoms with Crippen LogP contribution in [0.25, 0.3) is 0 Å². The van der Waals surface area contributed by atoms with Crippen molar-refractivity contribution in [2.45, 2.75) is 13.2 Å². The van der Waals surface area contributed by atoms with Crippen molar-refractivity contribution in [1.82, 2.24) is 10.6 Å². The summed E-state index contributed by atoms with van der Waals surface area (Å²) in [6.07, 6.45) is 0. The number of nitrogens with zero attached hydrogens (tertiary/aromatic N) is 1. The molecule has 3 rings (SSSR count). The van der Waals surface area contributed by atoms with Gasteiger partial charge < -0.3 is 29.6 Å². The molecule has 7 nitrogen and oxygen atoms in total. The Bertz CT molecular complexity index is 912. The van der Waals surface area contributed by atoms with E-state index in [1.165, 1.54) is 19.2 Å². The fourth-order valence-corrected chi connectivity index (χ4v) is 2.63. The molecule has 0 aliphatic carbocycles. The van der Waals surface area contributed by atoms with Crippen LogP contribution in [0.2, 0.25) is 0 Å². The summed E-state index contributed by atoms with van der Waals surface area (Å²) in [6, 6.07) is 5.90. The topological polar surface area (TPSA) is 73.3 Å². The summed E-state index contributed by atoms with van der Waals surface area (Å²) in [7, 11) is 1.52. The zero-order chi connectivity index (χ0) is 21.5. The monoisotopic (exact) mass is 429 g/mol. The van der Waals surface area contributed by atoms with Gasteiger partial charge in [-0.25, -0.2) is 8.78 Å². The quantitative estimate of drug-likeness (QED) is 0.291. The summed E-state index contributed by atoms with van der Waals surface area (Å²) in [5.74, 6) is -0.525. The lowest BCUT2D eigenvalue weighted by atomic mass is 10.1. The van der Waals surface area contributed by atoms with E-state index < -0.39 is 18.2 Å². The van der Waals surface area contributed by atoms with E-state index in [4.69, 9.17) is 14.2 Å². The van der Waals surface area contributed by atoms with E-state index in [0.29, 0.717) is 23.0 Å². The summed E-state index contributed by atoms with van der Waals surface area (Å²) in [5, 5.41) is 5.87. The molecule has 1 heterocycles. The number of hydrogen-bond donors (Lipinski definition) is 2. The molecule has 0 amide bonds. The summed E-state index contributed by atoms with van der Waals surface area (Å²) in [5.41, 5.74) is 0.409. The molecule has 2 N–H and O–H groups in total. The van der Waals surface area contributed by atoms with E-state index in [-0.39, 0.29) is 38.0 Å². The van der Waals surface area contributed by atoms with E-state index in [1.807, 2.05) is 0 Å². The molecule has 11 heteroatoms. The molecule has 0 spiro atoms. The van der Waals surface area contributed by atoms with Gasteiger partial charge in [-0.2, -0.15) is 8.78 Å². The van der Waals surface area contributed by atoms with Gasteiger partial charge in [0, 0.05) is 31.3 Å². The smallest absolute Gasteiger partial charge is 0.387 e. The third kappa shape index (κ3) is 5.58. The van der Waals surface area contributed by atoms with Crippen LogP contribution >= 0.6 is 0 Å². The van der Waals surface area contributed by atoms with Gasteiger partial charge in [0.2, 0.25) is 6.79 Å². The highest BCUT2D eigenvalue weighted by molar-refractivity contribution is 5.79. The second kappa shape index (κ2) is 9.90. The van der Waals surface area contributed by atoms with E-state index >= 15 is 0 Å². The number of aliphatic imine (C=N–C) groups is 1. The summed E-state index contributed by atoms with van der Waals surface area (Å²) in [6.45, 7) is -2.57. The van der Waals surface area contributed by atoms with Crippen LogP contribution in [0.5, 0.6) is 23.0 Å². The van der Waals surface area contributed by atoms with E-state index in [1.54, 1.807) is 6.07 Å². The first-order valence-electron chi connectivity index (χ1n) is 8.86. The average molecular weight is 429 g/mol. The van der Waals surface area contributed by atoms with E-state index in [2.05, 4.69) is 20.4 Å². The van der Waals surface area contributed by atoms with Gasteiger partial charge in [-0.1, -0.05) is 0 Å². The molecule has 0 saturated heterocycles. The van der Waals surface area contributed by atoms with Gasteiger partial charge in [0.15, 0.2) is 29.0 Å². The van der Waals surface area contributed by atoms with Gasteiger partial charge in [-0.05, 0) is 18.2 Å². The average Bonchev–Trinajstić information content (AvgIpc) is 3.15. The van der Waals surface area contributed by atoms with E-state index in [9.17, 15) is 17.6 Å². The number of fused-ring (bicyclic) bond motifs is 1. The van der Waals surface area contributed by atoms with Crippen LogP contribution in [0.15, 0.2) is 35.3 Å². The summed E-state index contributed by atoms with van der Waals surface area (Å²) >= 11 is 0. The van der Waals surface area contributed by atoms with Crippen molar-refractivity contribution in [2.75, 3.05) is 27.0 Å². The molecule has 0 radical (unpaired) electrons. The Morgan fingerprint density at radius 1 is 1.10 bits per heavy atom. The first kappa shape index (κ1) is 21.3. The van der Waals surface area contributed by atoms with Gasteiger partial charge in [0.25, 0.3) is 0 Å². The highest BCUT2D eigenvalue weighted by Gasteiger charge is 2.20. The summed E-state index contributed by atoms with van der Waals surface area (Å²) in [4.78, 5) is 4.01. The van der Waals surface area contributed by atoms with Crippen molar-refractivity contribution in [1.29, 1.82) is 0 Å². The van der Waals surface area contributed by atoms with Gasteiger partial charge in [-0.15, -0.1) is 0 Å². The lowest BCUT2D eigenvalue weighted by Crippen LogP contribution is -2.39. The predicted molar refractivity (Wildman–Crippen MR) is 99.3 cm³/mol. The molecule has 1 aliphatic heterocycles. The highest BCUT2D eigenvalue weighted by atomic mass is 19.3.